The van der Waals surface area contributed by atoms with E-state index < -0.39 is 0 Å². The van der Waals surface area contributed by atoms with Gasteiger partial charge in [-0.1, -0.05) is 31.2 Å². The van der Waals surface area contributed by atoms with E-state index in [1.807, 2.05) is 11.8 Å². The minimum Gasteiger partial charge on any atom is -0.377 e. The van der Waals surface area contributed by atoms with Crippen LogP contribution >= 0.6 is 11.8 Å². The second-order valence-corrected chi connectivity index (χ2v) is 6.21. The summed E-state index contributed by atoms with van der Waals surface area (Å²) in [5.74, 6) is 0.976. The lowest BCUT2D eigenvalue weighted by Crippen LogP contribution is -2.19. The van der Waals surface area contributed by atoms with Crippen molar-refractivity contribution >= 4 is 11.8 Å². The first-order chi connectivity index (χ1) is 8.70. The van der Waals surface area contributed by atoms with Gasteiger partial charge in [0.1, 0.15) is 0 Å². The van der Waals surface area contributed by atoms with Crippen LogP contribution in [0.3, 0.4) is 0 Å². The SMILES string of the molecule is CCc1ccc(C(N)CSC2CCOC2C)cc1. The smallest absolute Gasteiger partial charge is 0.0666 e. The van der Waals surface area contributed by atoms with E-state index in [4.69, 9.17) is 10.5 Å². The van der Waals surface area contributed by atoms with Crippen molar-refractivity contribution in [2.75, 3.05) is 12.4 Å². The van der Waals surface area contributed by atoms with Crippen molar-refractivity contribution in [1.29, 1.82) is 0 Å². The molecule has 0 aliphatic carbocycles. The molecule has 1 heterocycles. The van der Waals surface area contributed by atoms with Crippen LogP contribution in [0.5, 0.6) is 0 Å². The Kier molecular flexibility index (Phi) is 5.10. The second-order valence-electron chi connectivity index (χ2n) is 4.94. The Morgan fingerprint density at radius 1 is 1.39 bits per heavy atom. The molecule has 3 unspecified atom stereocenters. The van der Waals surface area contributed by atoms with Gasteiger partial charge in [0.15, 0.2) is 0 Å². The zero-order valence-electron chi connectivity index (χ0n) is 11.3. The maximum atomic E-state index is 6.25. The van der Waals surface area contributed by atoms with Crippen LogP contribution in [0.1, 0.15) is 37.4 Å². The highest BCUT2D eigenvalue weighted by atomic mass is 32.2. The summed E-state index contributed by atoms with van der Waals surface area (Å²) >= 11 is 1.96. The van der Waals surface area contributed by atoms with E-state index in [-0.39, 0.29) is 6.04 Å². The summed E-state index contributed by atoms with van der Waals surface area (Å²) < 4.78 is 5.57. The molecule has 1 fully saturated rings. The summed E-state index contributed by atoms with van der Waals surface area (Å²) in [7, 11) is 0. The molecule has 1 aromatic carbocycles. The average molecular weight is 265 g/mol. The summed E-state index contributed by atoms with van der Waals surface area (Å²) in [6.07, 6.45) is 2.62. The summed E-state index contributed by atoms with van der Waals surface area (Å²) in [5, 5.41) is 0.617. The summed E-state index contributed by atoms with van der Waals surface area (Å²) in [6, 6.07) is 8.83. The first-order valence-corrected chi connectivity index (χ1v) is 7.83. The molecule has 0 amide bonds. The maximum absolute atomic E-state index is 6.25. The Balaban J connectivity index is 1.84. The molecule has 3 atom stereocenters. The number of aryl methyl sites for hydroxylation is 1. The van der Waals surface area contributed by atoms with Gasteiger partial charge in [-0.25, -0.2) is 0 Å². The van der Waals surface area contributed by atoms with Crippen molar-refractivity contribution in [3.8, 4) is 0 Å². The van der Waals surface area contributed by atoms with Crippen molar-refractivity contribution in [3.05, 3.63) is 35.4 Å². The lowest BCUT2D eigenvalue weighted by Gasteiger charge is -2.17. The Morgan fingerprint density at radius 3 is 2.67 bits per heavy atom. The van der Waals surface area contributed by atoms with Crippen LogP contribution in [-0.2, 0) is 11.2 Å². The molecule has 2 N–H and O–H groups in total. The Morgan fingerprint density at radius 2 is 2.11 bits per heavy atom. The third-order valence-electron chi connectivity index (χ3n) is 3.61. The van der Waals surface area contributed by atoms with Crippen LogP contribution in [0, 0.1) is 0 Å². The number of hydrogen-bond donors (Lipinski definition) is 1. The molecule has 3 heteroatoms. The highest BCUT2D eigenvalue weighted by Gasteiger charge is 2.25. The normalized spacial score (nSPS) is 25.3. The van der Waals surface area contributed by atoms with Crippen LogP contribution in [0.25, 0.3) is 0 Å². The fourth-order valence-corrected chi connectivity index (χ4v) is 3.51. The number of ether oxygens (including phenoxy) is 1. The van der Waals surface area contributed by atoms with Crippen LogP contribution in [0.15, 0.2) is 24.3 Å². The summed E-state index contributed by atoms with van der Waals surface area (Å²) in [4.78, 5) is 0. The minimum atomic E-state index is 0.133. The topological polar surface area (TPSA) is 35.2 Å². The molecule has 2 rings (SSSR count). The van der Waals surface area contributed by atoms with E-state index in [9.17, 15) is 0 Å². The Hall–Kier alpha value is -0.510. The molecule has 1 aromatic rings. The number of hydrogen-bond acceptors (Lipinski definition) is 3. The van der Waals surface area contributed by atoms with Gasteiger partial charge in [0.25, 0.3) is 0 Å². The van der Waals surface area contributed by atoms with Gasteiger partial charge in [-0.05, 0) is 30.9 Å². The molecular weight excluding hydrogens is 242 g/mol. The second kappa shape index (κ2) is 6.60. The zero-order chi connectivity index (χ0) is 13.0. The van der Waals surface area contributed by atoms with Gasteiger partial charge >= 0.3 is 0 Å². The largest absolute Gasteiger partial charge is 0.377 e. The quantitative estimate of drug-likeness (QED) is 0.888. The molecule has 1 aliphatic heterocycles. The van der Waals surface area contributed by atoms with Crippen LogP contribution in [0.4, 0.5) is 0 Å². The van der Waals surface area contributed by atoms with Gasteiger partial charge in [0.05, 0.1) is 6.10 Å². The molecule has 1 saturated heterocycles. The third kappa shape index (κ3) is 3.50. The van der Waals surface area contributed by atoms with Gasteiger partial charge in [-0.3, -0.25) is 0 Å². The number of benzene rings is 1. The molecule has 2 nitrogen and oxygen atoms in total. The lowest BCUT2D eigenvalue weighted by atomic mass is 10.1. The lowest BCUT2D eigenvalue weighted by molar-refractivity contribution is 0.127. The van der Waals surface area contributed by atoms with E-state index in [0.717, 1.165) is 25.2 Å². The molecule has 0 radical (unpaired) electrons. The number of nitrogens with two attached hydrogens (primary N) is 1. The van der Waals surface area contributed by atoms with Crippen LogP contribution < -0.4 is 5.73 Å². The van der Waals surface area contributed by atoms with Gasteiger partial charge in [0.2, 0.25) is 0 Å². The molecule has 0 saturated carbocycles. The van der Waals surface area contributed by atoms with Crippen molar-refractivity contribution < 1.29 is 4.74 Å². The van der Waals surface area contributed by atoms with Crippen LogP contribution in [-0.4, -0.2) is 23.7 Å². The predicted octanol–water partition coefficient (Wildman–Crippen LogP) is 3.16. The van der Waals surface area contributed by atoms with Crippen molar-refractivity contribution in [1.82, 2.24) is 0 Å². The standard InChI is InChI=1S/C15H23NOS/c1-3-12-4-6-13(7-5-12)14(16)10-18-15-8-9-17-11(15)2/h4-7,11,14-15H,3,8-10,16H2,1-2H3. The summed E-state index contributed by atoms with van der Waals surface area (Å²) in [6.45, 7) is 5.23. The monoisotopic (exact) mass is 265 g/mol. The Bertz CT molecular complexity index is 365. The van der Waals surface area contributed by atoms with E-state index in [2.05, 4.69) is 38.1 Å². The minimum absolute atomic E-state index is 0.133. The fourth-order valence-electron chi connectivity index (χ4n) is 2.25. The van der Waals surface area contributed by atoms with Crippen LogP contribution in [0.2, 0.25) is 0 Å². The predicted molar refractivity (Wildman–Crippen MR) is 79.0 cm³/mol. The first kappa shape index (κ1) is 13.9. The highest BCUT2D eigenvalue weighted by molar-refractivity contribution is 8.00. The highest BCUT2D eigenvalue weighted by Crippen LogP contribution is 2.29. The summed E-state index contributed by atoms with van der Waals surface area (Å²) in [5.41, 5.74) is 8.86. The third-order valence-corrected chi connectivity index (χ3v) is 5.21. The molecule has 0 aromatic heterocycles. The van der Waals surface area contributed by atoms with Gasteiger partial charge in [-0.15, -0.1) is 0 Å². The van der Waals surface area contributed by atoms with Crippen molar-refractivity contribution in [2.24, 2.45) is 5.73 Å². The van der Waals surface area contributed by atoms with Crippen molar-refractivity contribution in [2.45, 2.75) is 44.1 Å². The number of thioether (sulfide) groups is 1. The molecule has 18 heavy (non-hydrogen) atoms. The average Bonchev–Trinajstić information content (AvgIpc) is 2.81. The van der Waals surface area contributed by atoms with E-state index >= 15 is 0 Å². The van der Waals surface area contributed by atoms with Gasteiger partial charge < -0.3 is 10.5 Å². The van der Waals surface area contributed by atoms with E-state index in [1.165, 1.54) is 11.1 Å². The maximum Gasteiger partial charge on any atom is 0.0666 e. The molecule has 0 spiro atoms. The molecule has 0 bridgehead atoms. The molecule has 100 valence electrons. The zero-order valence-corrected chi connectivity index (χ0v) is 12.1. The number of rotatable bonds is 5. The van der Waals surface area contributed by atoms with Crippen molar-refractivity contribution in [3.63, 3.8) is 0 Å². The van der Waals surface area contributed by atoms with Gasteiger partial charge in [0, 0.05) is 23.7 Å². The first-order valence-electron chi connectivity index (χ1n) is 6.78. The fraction of sp³-hybridized carbons (Fsp3) is 0.600. The van der Waals surface area contributed by atoms with E-state index in [1.54, 1.807) is 0 Å². The van der Waals surface area contributed by atoms with Gasteiger partial charge in [-0.2, -0.15) is 11.8 Å². The molecular formula is C15H23NOS. The van der Waals surface area contributed by atoms with E-state index in [0.29, 0.717) is 11.4 Å². The molecule has 1 aliphatic rings. The Labute approximate surface area is 114 Å².